The van der Waals surface area contributed by atoms with Crippen LogP contribution in [0.1, 0.15) is 284 Å². The van der Waals surface area contributed by atoms with E-state index in [9.17, 15) is 19.8 Å². The molecule has 374 valence electrons. The van der Waals surface area contributed by atoms with Gasteiger partial charge in [-0.05, 0) is 89.9 Å². The van der Waals surface area contributed by atoms with E-state index in [0.29, 0.717) is 19.4 Å². The number of aliphatic hydroxyl groups excluding tert-OH is 2. The second-order valence-corrected chi connectivity index (χ2v) is 18.9. The summed E-state index contributed by atoms with van der Waals surface area (Å²) in [5, 5.41) is 23.1. The number of allylic oxidation sites excluding steroid dienone is 7. The zero-order valence-corrected chi connectivity index (χ0v) is 42.5. The molecule has 2 unspecified atom stereocenters. The fraction of sp³-hybridized carbons (Fsp3) is 0.828. The van der Waals surface area contributed by atoms with Crippen molar-refractivity contribution in [2.24, 2.45) is 0 Å². The first-order chi connectivity index (χ1) is 31.5. The molecule has 0 aliphatic carbocycles. The Balaban J connectivity index is 3.52. The molecule has 0 rings (SSSR count). The maximum atomic E-state index is 12.4. The Morgan fingerprint density at radius 3 is 1.22 bits per heavy atom. The molecule has 0 heterocycles. The van der Waals surface area contributed by atoms with Gasteiger partial charge in [-0.2, -0.15) is 0 Å². The molecule has 0 bridgehead atoms. The van der Waals surface area contributed by atoms with Crippen LogP contribution in [0.5, 0.6) is 0 Å². The topological polar surface area (TPSA) is 95.9 Å². The maximum Gasteiger partial charge on any atom is 0.305 e. The minimum atomic E-state index is -0.852. The summed E-state index contributed by atoms with van der Waals surface area (Å²) >= 11 is 0. The summed E-state index contributed by atoms with van der Waals surface area (Å²) in [6.45, 7) is 4.84. The normalized spacial score (nSPS) is 13.0. The number of ether oxygens (including phenoxy) is 1. The van der Waals surface area contributed by atoms with E-state index in [1.54, 1.807) is 6.08 Å². The van der Waals surface area contributed by atoms with Crippen molar-refractivity contribution in [3.63, 3.8) is 0 Å². The van der Waals surface area contributed by atoms with Gasteiger partial charge in [0.15, 0.2) is 0 Å². The second-order valence-electron chi connectivity index (χ2n) is 18.9. The summed E-state index contributed by atoms with van der Waals surface area (Å²) in [6.07, 6.45) is 66.9. The molecule has 64 heavy (non-hydrogen) atoms. The quantitative estimate of drug-likeness (QED) is 0.0245. The van der Waals surface area contributed by atoms with Crippen LogP contribution in [0, 0.1) is 0 Å². The molecule has 3 N–H and O–H groups in total. The second kappa shape index (κ2) is 53.4. The highest BCUT2D eigenvalue weighted by molar-refractivity contribution is 5.76. The third-order valence-corrected chi connectivity index (χ3v) is 12.6. The number of rotatable bonds is 51. The molecule has 6 nitrogen and oxygen atoms in total. The summed E-state index contributed by atoms with van der Waals surface area (Å²) in [5.74, 6) is -0.102. The molecule has 0 aromatic rings. The summed E-state index contributed by atoms with van der Waals surface area (Å²) in [6, 6.07) is -0.636. The number of unbranched alkanes of at least 4 members (excludes halogenated alkanes) is 35. The van der Waals surface area contributed by atoms with Crippen LogP contribution in [-0.4, -0.2) is 47.4 Å². The van der Waals surface area contributed by atoms with E-state index in [1.165, 1.54) is 180 Å². The Kier molecular flexibility index (Phi) is 51.6. The zero-order valence-electron chi connectivity index (χ0n) is 42.5. The average molecular weight is 898 g/mol. The van der Waals surface area contributed by atoms with Crippen molar-refractivity contribution in [3.05, 3.63) is 48.6 Å². The van der Waals surface area contributed by atoms with E-state index < -0.39 is 12.1 Å². The van der Waals surface area contributed by atoms with Crippen LogP contribution in [0.25, 0.3) is 0 Å². The third-order valence-electron chi connectivity index (χ3n) is 12.6. The predicted molar refractivity (Wildman–Crippen MR) is 278 cm³/mol. The van der Waals surface area contributed by atoms with Crippen molar-refractivity contribution in [2.75, 3.05) is 13.2 Å². The average Bonchev–Trinajstić information content (AvgIpc) is 3.29. The Hall–Kier alpha value is -2.18. The molecule has 1 amide bonds. The molecule has 0 aliphatic heterocycles. The lowest BCUT2D eigenvalue weighted by molar-refractivity contribution is -0.143. The molecule has 0 radical (unpaired) electrons. The van der Waals surface area contributed by atoms with Gasteiger partial charge in [-0.15, -0.1) is 0 Å². The summed E-state index contributed by atoms with van der Waals surface area (Å²) < 4.78 is 5.44. The molecule has 6 heteroatoms. The van der Waals surface area contributed by atoms with Gasteiger partial charge in [-0.1, -0.05) is 229 Å². The molecule has 0 aromatic carbocycles. The molecule has 0 saturated heterocycles. The van der Waals surface area contributed by atoms with Gasteiger partial charge in [0, 0.05) is 12.8 Å². The van der Waals surface area contributed by atoms with Crippen molar-refractivity contribution in [3.8, 4) is 0 Å². The summed E-state index contributed by atoms with van der Waals surface area (Å²) in [4.78, 5) is 24.4. The molecule has 0 spiro atoms. The fourth-order valence-electron chi connectivity index (χ4n) is 8.26. The number of aliphatic hydroxyl groups is 2. The lowest BCUT2D eigenvalue weighted by Crippen LogP contribution is -2.45. The van der Waals surface area contributed by atoms with Gasteiger partial charge < -0.3 is 20.3 Å². The van der Waals surface area contributed by atoms with Gasteiger partial charge in [0.25, 0.3) is 0 Å². The standard InChI is InChI=1S/C58H107NO5/c1-3-5-7-9-11-13-15-17-23-27-30-34-38-42-46-50-56(61)55(54-60)59-57(62)51-47-43-39-35-31-28-24-21-19-18-20-22-25-29-33-37-41-45-49-53-64-58(63)52-48-44-40-36-32-26-16-14-12-10-8-6-4-2/h14,16,22,25,29,33,46,50,55-56,60-61H,3-13,15,17-21,23-24,26-28,30-32,34-45,47-49,51-54H2,1-2H3,(H,59,62)/b16-14-,25-22-,33-29-,50-46+. The van der Waals surface area contributed by atoms with Gasteiger partial charge in [0.2, 0.25) is 5.91 Å². The van der Waals surface area contributed by atoms with E-state index in [1.807, 2.05) is 6.08 Å². The Bertz CT molecular complexity index is 1080. The molecule has 0 aromatic heterocycles. The van der Waals surface area contributed by atoms with Crippen molar-refractivity contribution >= 4 is 11.9 Å². The maximum absolute atomic E-state index is 12.4. The van der Waals surface area contributed by atoms with Gasteiger partial charge in [-0.3, -0.25) is 9.59 Å². The van der Waals surface area contributed by atoms with Gasteiger partial charge >= 0.3 is 5.97 Å². The smallest absolute Gasteiger partial charge is 0.305 e. The minimum Gasteiger partial charge on any atom is -0.466 e. The van der Waals surface area contributed by atoms with Gasteiger partial charge in [-0.25, -0.2) is 0 Å². The fourth-order valence-corrected chi connectivity index (χ4v) is 8.26. The molecule has 0 aliphatic rings. The Labute approximate surface area is 397 Å². The minimum absolute atomic E-state index is 0.0240. The highest BCUT2D eigenvalue weighted by Crippen LogP contribution is 2.15. The number of carbonyl (C=O) groups excluding carboxylic acids is 2. The van der Waals surface area contributed by atoms with Crippen LogP contribution in [0.3, 0.4) is 0 Å². The van der Waals surface area contributed by atoms with Crippen LogP contribution in [-0.2, 0) is 14.3 Å². The van der Waals surface area contributed by atoms with E-state index in [0.717, 1.165) is 77.0 Å². The SMILES string of the molecule is CCCCCC/C=C\CCCCCCCC(=O)OCCCCC/C=C\C=C/CCCCCCCCCCCCC(=O)NC(CO)C(O)/C=C/CCCCCCCCCCCCCCC. The predicted octanol–water partition coefficient (Wildman–Crippen LogP) is 17.0. The highest BCUT2D eigenvalue weighted by Gasteiger charge is 2.18. The molecule has 0 fully saturated rings. The number of amides is 1. The molecule has 0 saturated carbocycles. The van der Waals surface area contributed by atoms with Crippen LogP contribution in [0.4, 0.5) is 0 Å². The van der Waals surface area contributed by atoms with Crippen LogP contribution in [0.2, 0.25) is 0 Å². The monoisotopic (exact) mass is 898 g/mol. The lowest BCUT2D eigenvalue weighted by atomic mass is 10.0. The van der Waals surface area contributed by atoms with E-state index in [2.05, 4.69) is 55.6 Å². The van der Waals surface area contributed by atoms with E-state index in [-0.39, 0.29) is 18.5 Å². The third kappa shape index (κ3) is 49.3. The number of nitrogens with one attached hydrogen (secondary N) is 1. The van der Waals surface area contributed by atoms with E-state index >= 15 is 0 Å². The number of hydrogen-bond donors (Lipinski definition) is 3. The molecule has 2 atom stereocenters. The van der Waals surface area contributed by atoms with Gasteiger partial charge in [0.05, 0.1) is 25.4 Å². The lowest BCUT2D eigenvalue weighted by Gasteiger charge is -2.20. The summed E-state index contributed by atoms with van der Waals surface area (Å²) in [5.41, 5.74) is 0. The number of esters is 1. The molecular formula is C58H107NO5. The Morgan fingerprint density at radius 2 is 0.781 bits per heavy atom. The van der Waals surface area contributed by atoms with Crippen LogP contribution >= 0.6 is 0 Å². The number of hydrogen-bond acceptors (Lipinski definition) is 5. The highest BCUT2D eigenvalue weighted by atomic mass is 16.5. The van der Waals surface area contributed by atoms with Crippen molar-refractivity contribution in [2.45, 2.75) is 296 Å². The van der Waals surface area contributed by atoms with Crippen LogP contribution < -0.4 is 5.32 Å². The largest absolute Gasteiger partial charge is 0.466 e. The first-order valence-corrected chi connectivity index (χ1v) is 27.9. The van der Waals surface area contributed by atoms with Crippen molar-refractivity contribution in [1.82, 2.24) is 5.32 Å². The van der Waals surface area contributed by atoms with Crippen molar-refractivity contribution in [1.29, 1.82) is 0 Å². The first kappa shape index (κ1) is 61.8. The Morgan fingerprint density at radius 1 is 0.438 bits per heavy atom. The van der Waals surface area contributed by atoms with Crippen molar-refractivity contribution < 1.29 is 24.5 Å². The first-order valence-electron chi connectivity index (χ1n) is 27.9. The molecular weight excluding hydrogens is 791 g/mol. The summed E-state index contributed by atoms with van der Waals surface area (Å²) in [7, 11) is 0. The van der Waals surface area contributed by atoms with Gasteiger partial charge in [0.1, 0.15) is 0 Å². The zero-order chi connectivity index (χ0) is 46.5. The van der Waals surface area contributed by atoms with E-state index in [4.69, 9.17) is 4.74 Å². The van der Waals surface area contributed by atoms with Crippen LogP contribution in [0.15, 0.2) is 48.6 Å². The number of carbonyl (C=O) groups is 2.